The third-order valence-corrected chi connectivity index (χ3v) is 5.34. The predicted octanol–water partition coefficient (Wildman–Crippen LogP) is 4.34. The molecule has 0 spiro atoms. The molecule has 0 N–H and O–H groups in total. The second-order valence-corrected chi connectivity index (χ2v) is 9.93. The molecule has 94 valence electrons. The first-order chi connectivity index (χ1) is 7.37. The van der Waals surface area contributed by atoms with Crippen LogP contribution < -0.4 is 0 Å². The Balaban J connectivity index is 3.81. The fourth-order valence-corrected chi connectivity index (χ4v) is 4.18. The van der Waals surface area contributed by atoms with Crippen molar-refractivity contribution in [1.82, 2.24) is 0 Å². The largest absolute Gasteiger partial charge is 0.415 e. The van der Waals surface area contributed by atoms with Crippen LogP contribution in [0.2, 0.25) is 19.1 Å². The van der Waals surface area contributed by atoms with Crippen LogP contribution in [0.4, 0.5) is 0 Å². The lowest BCUT2D eigenvalue weighted by Gasteiger charge is -2.27. The number of rotatable bonds is 8. The van der Waals surface area contributed by atoms with Crippen molar-refractivity contribution in [3.05, 3.63) is 0 Å². The molecule has 0 heterocycles. The van der Waals surface area contributed by atoms with Gasteiger partial charge in [-0.3, -0.25) is 0 Å². The smallest absolute Gasteiger partial charge is 0.187 e. The van der Waals surface area contributed by atoms with Crippen LogP contribution in [0.1, 0.15) is 46.5 Å². The van der Waals surface area contributed by atoms with Crippen LogP contribution in [-0.4, -0.2) is 14.4 Å². The summed E-state index contributed by atoms with van der Waals surface area (Å²) in [6.45, 7) is 11.2. The zero-order valence-corrected chi connectivity index (χ0v) is 12.5. The van der Waals surface area contributed by atoms with Crippen molar-refractivity contribution in [3.63, 3.8) is 0 Å². The van der Waals surface area contributed by atoms with Gasteiger partial charge in [0.15, 0.2) is 8.32 Å². The van der Waals surface area contributed by atoms with E-state index in [1.807, 2.05) is 0 Å². The average Bonchev–Trinajstić information content (AvgIpc) is 2.14. The van der Waals surface area contributed by atoms with Crippen molar-refractivity contribution >= 4 is 8.32 Å². The molecule has 0 saturated heterocycles. The van der Waals surface area contributed by atoms with Crippen LogP contribution in [0.3, 0.4) is 0 Å². The molecule has 0 aromatic rings. The third-order valence-electron chi connectivity index (χ3n) is 2.74. The van der Waals surface area contributed by atoms with Gasteiger partial charge in [0.2, 0.25) is 0 Å². The second kappa shape index (κ2) is 7.86. The molecule has 0 rings (SSSR count). The van der Waals surface area contributed by atoms with Crippen LogP contribution in [0.5, 0.6) is 0 Å². The third kappa shape index (κ3) is 8.93. The van der Waals surface area contributed by atoms with Crippen molar-refractivity contribution in [1.29, 1.82) is 5.26 Å². The summed E-state index contributed by atoms with van der Waals surface area (Å²) in [5.74, 6) is 0.759. The van der Waals surface area contributed by atoms with Gasteiger partial charge >= 0.3 is 0 Å². The van der Waals surface area contributed by atoms with Crippen LogP contribution >= 0.6 is 0 Å². The highest BCUT2D eigenvalue weighted by Gasteiger charge is 2.24. The summed E-state index contributed by atoms with van der Waals surface area (Å²) in [7, 11) is -1.53. The normalized spacial score (nSPS) is 13.8. The van der Waals surface area contributed by atoms with Crippen molar-refractivity contribution in [3.8, 4) is 6.07 Å². The minimum atomic E-state index is -1.53. The quantitative estimate of drug-likeness (QED) is 0.468. The molecular weight excluding hydrogens is 214 g/mol. The van der Waals surface area contributed by atoms with Gasteiger partial charge in [0, 0.05) is 12.5 Å². The van der Waals surface area contributed by atoms with Gasteiger partial charge in [0.1, 0.15) is 0 Å². The maximum atomic E-state index is 8.51. The molecule has 3 heteroatoms. The Morgan fingerprint density at radius 2 is 1.81 bits per heavy atom. The van der Waals surface area contributed by atoms with Crippen LogP contribution in [0, 0.1) is 17.2 Å². The standard InChI is InChI=1S/C13H27NOSi/c1-12(2)8-9-13(3)15-16(4,5)11-7-6-10-14/h12-13H,6-9,11H2,1-5H3. The molecule has 0 saturated carbocycles. The minimum absolute atomic E-state index is 0.381. The molecule has 0 radical (unpaired) electrons. The highest BCUT2D eigenvalue weighted by Crippen LogP contribution is 2.19. The van der Waals surface area contributed by atoms with Gasteiger partial charge in [-0.2, -0.15) is 5.26 Å². The van der Waals surface area contributed by atoms with Crippen molar-refractivity contribution in [2.75, 3.05) is 0 Å². The molecule has 16 heavy (non-hydrogen) atoms. The lowest BCUT2D eigenvalue weighted by atomic mass is 10.1. The Bertz CT molecular complexity index is 220. The van der Waals surface area contributed by atoms with Crippen molar-refractivity contribution in [2.24, 2.45) is 5.92 Å². The Morgan fingerprint density at radius 3 is 2.31 bits per heavy atom. The molecule has 1 atom stereocenters. The second-order valence-electron chi connectivity index (χ2n) is 5.67. The lowest BCUT2D eigenvalue weighted by molar-refractivity contribution is 0.191. The van der Waals surface area contributed by atoms with Gasteiger partial charge in [-0.1, -0.05) is 13.8 Å². The molecule has 0 amide bonds. The van der Waals surface area contributed by atoms with Crippen molar-refractivity contribution in [2.45, 2.75) is 71.7 Å². The van der Waals surface area contributed by atoms with E-state index < -0.39 is 8.32 Å². The molecule has 0 fully saturated rings. The Labute approximate surface area is 102 Å². The highest BCUT2D eigenvalue weighted by molar-refractivity contribution is 6.71. The van der Waals surface area contributed by atoms with Gasteiger partial charge < -0.3 is 4.43 Å². The zero-order valence-electron chi connectivity index (χ0n) is 11.5. The topological polar surface area (TPSA) is 33.0 Å². The van der Waals surface area contributed by atoms with Gasteiger partial charge in [-0.15, -0.1) is 0 Å². The SMILES string of the molecule is CC(C)CCC(C)O[Si](C)(C)CCCC#N. The number of hydrogen-bond donors (Lipinski definition) is 0. The zero-order chi connectivity index (χ0) is 12.6. The summed E-state index contributed by atoms with van der Waals surface area (Å²) in [5, 5.41) is 8.51. The maximum absolute atomic E-state index is 8.51. The first-order valence-electron chi connectivity index (χ1n) is 6.42. The molecule has 1 unspecified atom stereocenters. The summed E-state index contributed by atoms with van der Waals surface area (Å²) in [4.78, 5) is 0. The molecule has 0 bridgehead atoms. The fourth-order valence-electron chi connectivity index (χ4n) is 1.82. The van der Waals surface area contributed by atoms with Crippen molar-refractivity contribution < 1.29 is 4.43 Å². The van der Waals surface area contributed by atoms with E-state index in [1.54, 1.807) is 0 Å². The fraction of sp³-hybridized carbons (Fsp3) is 0.923. The number of nitriles is 1. The average molecular weight is 241 g/mol. The first kappa shape index (κ1) is 15.7. The Morgan fingerprint density at radius 1 is 1.19 bits per heavy atom. The van der Waals surface area contributed by atoms with Crippen LogP contribution in [0.15, 0.2) is 0 Å². The van der Waals surface area contributed by atoms with Gasteiger partial charge in [0.05, 0.1) is 6.07 Å². The maximum Gasteiger partial charge on any atom is 0.187 e. The van der Waals surface area contributed by atoms with E-state index in [9.17, 15) is 0 Å². The van der Waals surface area contributed by atoms with Gasteiger partial charge in [-0.25, -0.2) is 0 Å². The van der Waals surface area contributed by atoms with Gasteiger partial charge in [-0.05, 0) is 51.2 Å². The summed E-state index contributed by atoms with van der Waals surface area (Å²) >= 11 is 0. The molecule has 0 aromatic carbocycles. The molecule has 0 aliphatic carbocycles. The molecule has 0 aliphatic heterocycles. The summed E-state index contributed by atoms with van der Waals surface area (Å²) in [6, 6.07) is 3.30. The summed E-state index contributed by atoms with van der Waals surface area (Å²) in [6.07, 6.45) is 4.44. The molecule has 0 aliphatic rings. The minimum Gasteiger partial charge on any atom is -0.415 e. The van der Waals surface area contributed by atoms with E-state index in [1.165, 1.54) is 6.42 Å². The van der Waals surface area contributed by atoms with Crippen LogP contribution in [0.25, 0.3) is 0 Å². The van der Waals surface area contributed by atoms with Crippen LogP contribution in [-0.2, 0) is 4.43 Å². The van der Waals surface area contributed by atoms with E-state index in [0.29, 0.717) is 12.5 Å². The summed E-state index contributed by atoms with van der Waals surface area (Å²) in [5.41, 5.74) is 0. The molecular formula is C13H27NOSi. The van der Waals surface area contributed by atoms with Gasteiger partial charge in [0.25, 0.3) is 0 Å². The number of nitrogens with zero attached hydrogens (tertiary/aromatic N) is 1. The van der Waals surface area contributed by atoms with E-state index >= 15 is 0 Å². The first-order valence-corrected chi connectivity index (χ1v) is 9.53. The Kier molecular flexibility index (Phi) is 7.70. The van der Waals surface area contributed by atoms with E-state index in [0.717, 1.165) is 24.8 Å². The van der Waals surface area contributed by atoms with E-state index in [-0.39, 0.29) is 0 Å². The number of hydrogen-bond acceptors (Lipinski definition) is 2. The predicted molar refractivity (Wildman–Crippen MR) is 71.8 cm³/mol. The molecule has 2 nitrogen and oxygen atoms in total. The monoisotopic (exact) mass is 241 g/mol. The number of unbranched alkanes of at least 4 members (excludes halogenated alkanes) is 1. The van der Waals surface area contributed by atoms with E-state index in [4.69, 9.17) is 9.69 Å². The molecule has 0 aromatic heterocycles. The highest BCUT2D eigenvalue weighted by atomic mass is 28.4. The Hall–Kier alpha value is -0.333. The van der Waals surface area contributed by atoms with E-state index in [2.05, 4.69) is 39.9 Å². The summed E-state index contributed by atoms with van der Waals surface area (Å²) < 4.78 is 6.16. The lowest BCUT2D eigenvalue weighted by Crippen LogP contribution is -2.34.